The van der Waals surface area contributed by atoms with E-state index in [-0.39, 0.29) is 0 Å². The molecule has 1 aliphatic rings. The molecule has 5 nitrogen and oxygen atoms in total. The van der Waals surface area contributed by atoms with E-state index in [0.717, 1.165) is 37.8 Å². The number of nitrogens with one attached hydrogen (secondary N) is 1. The van der Waals surface area contributed by atoms with Crippen LogP contribution >= 0.6 is 0 Å². The van der Waals surface area contributed by atoms with E-state index in [1.165, 1.54) is 6.42 Å². The highest BCUT2D eigenvalue weighted by Gasteiger charge is 2.28. The summed E-state index contributed by atoms with van der Waals surface area (Å²) in [4.78, 5) is 8.51. The highest BCUT2D eigenvalue weighted by atomic mass is 16.3. The maximum Gasteiger partial charge on any atom is 0.188 e. The Labute approximate surface area is 120 Å². The number of hydrogen-bond acceptors (Lipinski definition) is 3. The van der Waals surface area contributed by atoms with Gasteiger partial charge in [0.1, 0.15) is 0 Å². The largest absolute Gasteiger partial charge is 0.388 e. The summed E-state index contributed by atoms with van der Waals surface area (Å²) in [5.74, 6) is 0.403. The van der Waals surface area contributed by atoms with Gasteiger partial charge in [0.2, 0.25) is 0 Å². The molecule has 0 spiro atoms. The Kier molecular flexibility index (Phi) is 5.35. The normalized spacial score (nSPS) is 18.8. The van der Waals surface area contributed by atoms with Crippen molar-refractivity contribution in [2.24, 2.45) is 10.7 Å². The zero-order valence-corrected chi connectivity index (χ0v) is 11.9. The van der Waals surface area contributed by atoms with E-state index in [1.54, 1.807) is 6.20 Å². The number of guanidine groups is 1. The molecule has 5 heteroatoms. The van der Waals surface area contributed by atoms with E-state index >= 15 is 0 Å². The molecular weight excluding hydrogens is 252 g/mol. The smallest absolute Gasteiger partial charge is 0.188 e. The molecule has 0 bridgehead atoms. The Hall–Kier alpha value is -1.62. The van der Waals surface area contributed by atoms with Crippen LogP contribution in [0.25, 0.3) is 0 Å². The third kappa shape index (κ3) is 4.81. The van der Waals surface area contributed by atoms with Crippen molar-refractivity contribution in [1.29, 1.82) is 0 Å². The van der Waals surface area contributed by atoms with Gasteiger partial charge in [-0.1, -0.05) is 25.3 Å². The lowest BCUT2D eigenvalue weighted by atomic mass is 9.85. The molecule has 0 amide bonds. The van der Waals surface area contributed by atoms with Crippen LogP contribution in [0.2, 0.25) is 0 Å². The number of rotatable bonds is 5. The van der Waals surface area contributed by atoms with Crippen LogP contribution in [0.3, 0.4) is 0 Å². The van der Waals surface area contributed by atoms with Gasteiger partial charge in [-0.15, -0.1) is 0 Å². The lowest BCUT2D eigenvalue weighted by molar-refractivity contribution is 0.0132. The fraction of sp³-hybridized carbons (Fsp3) is 0.600. The minimum absolute atomic E-state index is 0.398. The molecule has 1 heterocycles. The molecule has 0 radical (unpaired) electrons. The van der Waals surface area contributed by atoms with Gasteiger partial charge in [0.25, 0.3) is 0 Å². The van der Waals surface area contributed by atoms with E-state index < -0.39 is 5.60 Å². The van der Waals surface area contributed by atoms with Crippen LogP contribution < -0.4 is 11.1 Å². The van der Waals surface area contributed by atoms with Gasteiger partial charge in [0, 0.05) is 24.9 Å². The molecule has 2 rings (SSSR count). The molecule has 1 fully saturated rings. The number of aliphatic imine (C=N–C) groups is 1. The van der Waals surface area contributed by atoms with Crippen molar-refractivity contribution in [3.63, 3.8) is 0 Å². The number of aliphatic hydroxyl groups is 1. The lowest BCUT2D eigenvalue weighted by Gasteiger charge is -2.30. The van der Waals surface area contributed by atoms with Crippen LogP contribution in [0.4, 0.5) is 0 Å². The van der Waals surface area contributed by atoms with Gasteiger partial charge >= 0.3 is 0 Å². The van der Waals surface area contributed by atoms with Crippen LogP contribution in [0, 0.1) is 0 Å². The van der Waals surface area contributed by atoms with Gasteiger partial charge in [0.15, 0.2) is 5.96 Å². The highest BCUT2D eigenvalue weighted by molar-refractivity contribution is 5.77. The minimum atomic E-state index is -0.647. The summed E-state index contributed by atoms with van der Waals surface area (Å²) in [6, 6.07) is 5.86. The zero-order chi connectivity index (χ0) is 14.3. The third-order valence-corrected chi connectivity index (χ3v) is 3.74. The molecule has 20 heavy (non-hydrogen) atoms. The number of nitrogens with two attached hydrogens (primary N) is 1. The molecule has 0 saturated heterocycles. The lowest BCUT2D eigenvalue weighted by Crippen LogP contribution is -2.38. The van der Waals surface area contributed by atoms with Crippen molar-refractivity contribution in [3.8, 4) is 0 Å². The van der Waals surface area contributed by atoms with E-state index in [0.29, 0.717) is 19.0 Å². The van der Waals surface area contributed by atoms with Crippen molar-refractivity contribution >= 4 is 5.96 Å². The number of nitrogens with zero attached hydrogens (tertiary/aromatic N) is 2. The Balaban J connectivity index is 1.71. The first-order chi connectivity index (χ1) is 9.68. The minimum Gasteiger partial charge on any atom is -0.388 e. The van der Waals surface area contributed by atoms with Crippen LogP contribution in [-0.2, 0) is 6.42 Å². The van der Waals surface area contributed by atoms with Gasteiger partial charge in [-0.3, -0.25) is 9.98 Å². The highest BCUT2D eigenvalue weighted by Crippen LogP contribution is 2.27. The van der Waals surface area contributed by atoms with E-state index in [9.17, 15) is 5.11 Å². The fourth-order valence-corrected chi connectivity index (χ4v) is 2.52. The van der Waals surface area contributed by atoms with Crippen molar-refractivity contribution in [2.45, 2.75) is 44.1 Å². The molecule has 0 aliphatic heterocycles. The monoisotopic (exact) mass is 276 g/mol. The summed E-state index contributed by atoms with van der Waals surface area (Å²) in [7, 11) is 0. The average molecular weight is 276 g/mol. The summed E-state index contributed by atoms with van der Waals surface area (Å²) in [5, 5.41) is 13.4. The summed E-state index contributed by atoms with van der Waals surface area (Å²) in [5.41, 5.74) is 6.20. The second kappa shape index (κ2) is 7.24. The molecule has 110 valence electrons. The molecule has 4 N–H and O–H groups in total. The fourth-order valence-electron chi connectivity index (χ4n) is 2.52. The molecule has 0 aromatic carbocycles. The number of aromatic nitrogens is 1. The standard InChI is InChI=1S/C15H24N4O/c16-14(18-11-7-13-6-2-5-10-17-13)19-12-15(20)8-3-1-4-9-15/h2,5-6,10,20H,1,3-4,7-9,11-12H2,(H3,16,18,19). The summed E-state index contributed by atoms with van der Waals surface area (Å²) in [6.07, 6.45) is 7.63. The molecule has 1 aliphatic carbocycles. The number of pyridine rings is 1. The van der Waals surface area contributed by atoms with Crippen LogP contribution in [-0.4, -0.2) is 34.7 Å². The quantitative estimate of drug-likeness (QED) is 0.558. The molecule has 1 saturated carbocycles. The second-order valence-electron chi connectivity index (χ2n) is 5.48. The van der Waals surface area contributed by atoms with E-state index in [4.69, 9.17) is 5.73 Å². The van der Waals surface area contributed by atoms with Crippen molar-refractivity contribution in [2.75, 3.05) is 13.1 Å². The predicted octanol–water partition coefficient (Wildman–Crippen LogP) is 1.22. The first kappa shape index (κ1) is 14.8. The first-order valence-corrected chi connectivity index (χ1v) is 7.34. The van der Waals surface area contributed by atoms with Crippen LogP contribution in [0.1, 0.15) is 37.8 Å². The van der Waals surface area contributed by atoms with Gasteiger partial charge in [-0.25, -0.2) is 0 Å². The van der Waals surface area contributed by atoms with Crippen molar-refractivity contribution in [3.05, 3.63) is 30.1 Å². The maximum atomic E-state index is 10.3. The molecule has 0 atom stereocenters. The Morgan fingerprint density at radius 1 is 1.35 bits per heavy atom. The molecule has 0 unspecified atom stereocenters. The first-order valence-electron chi connectivity index (χ1n) is 7.34. The molecular formula is C15H24N4O. The van der Waals surface area contributed by atoms with Crippen molar-refractivity contribution in [1.82, 2.24) is 10.3 Å². The summed E-state index contributed by atoms with van der Waals surface area (Å²) < 4.78 is 0. The molecule has 1 aromatic rings. The van der Waals surface area contributed by atoms with Crippen molar-refractivity contribution < 1.29 is 5.11 Å². The second-order valence-corrected chi connectivity index (χ2v) is 5.48. The van der Waals surface area contributed by atoms with Crippen LogP contribution in [0.5, 0.6) is 0 Å². The van der Waals surface area contributed by atoms with E-state index in [2.05, 4.69) is 15.3 Å². The summed E-state index contributed by atoms with van der Waals surface area (Å²) in [6.45, 7) is 1.10. The topological polar surface area (TPSA) is 83.5 Å². The summed E-state index contributed by atoms with van der Waals surface area (Å²) >= 11 is 0. The molecule has 1 aromatic heterocycles. The zero-order valence-electron chi connectivity index (χ0n) is 11.9. The van der Waals surface area contributed by atoms with E-state index in [1.807, 2.05) is 18.2 Å². The Bertz CT molecular complexity index is 427. The van der Waals surface area contributed by atoms with Crippen LogP contribution in [0.15, 0.2) is 29.4 Å². The average Bonchev–Trinajstić information content (AvgIpc) is 2.47. The van der Waals surface area contributed by atoms with Gasteiger partial charge < -0.3 is 16.2 Å². The predicted molar refractivity (Wildman–Crippen MR) is 80.5 cm³/mol. The van der Waals surface area contributed by atoms with Gasteiger partial charge in [-0.05, 0) is 25.0 Å². The number of hydrogen-bond donors (Lipinski definition) is 3. The Morgan fingerprint density at radius 2 is 2.15 bits per heavy atom. The van der Waals surface area contributed by atoms with Gasteiger partial charge in [0.05, 0.1) is 12.1 Å². The Morgan fingerprint density at radius 3 is 2.85 bits per heavy atom. The SMILES string of the molecule is NC(=NCC1(O)CCCCC1)NCCc1ccccn1. The van der Waals surface area contributed by atoms with Gasteiger partial charge in [-0.2, -0.15) is 0 Å². The third-order valence-electron chi connectivity index (χ3n) is 3.74. The maximum absolute atomic E-state index is 10.3.